The smallest absolute Gasteiger partial charge is 0.310 e. The van der Waals surface area contributed by atoms with Crippen LogP contribution in [-0.2, 0) is 14.6 Å². The highest BCUT2D eigenvalue weighted by Gasteiger charge is 2.42. The molecule has 0 aliphatic carbocycles. The lowest BCUT2D eigenvalue weighted by molar-refractivity contribution is -0.148. The molecule has 1 aliphatic rings. The maximum Gasteiger partial charge on any atom is 0.310 e. The standard InChI is InChI=1S/C12H23NO4S/c1-3-12(11(14)15)6-8-13(10-12)7-5-9-18(16,17)4-2/h3-10H2,1-2H3,(H,14,15). The monoisotopic (exact) mass is 277 g/mol. The molecular formula is C12H23NO4S. The lowest BCUT2D eigenvalue weighted by atomic mass is 9.84. The third-order valence-corrected chi connectivity index (χ3v) is 5.72. The van der Waals surface area contributed by atoms with E-state index in [4.69, 9.17) is 0 Å². The van der Waals surface area contributed by atoms with Crippen LogP contribution in [0.4, 0.5) is 0 Å². The van der Waals surface area contributed by atoms with Gasteiger partial charge in [0, 0.05) is 12.3 Å². The summed E-state index contributed by atoms with van der Waals surface area (Å²) >= 11 is 0. The highest BCUT2D eigenvalue weighted by Crippen LogP contribution is 2.34. The number of nitrogens with zero attached hydrogens (tertiary/aromatic N) is 1. The topological polar surface area (TPSA) is 74.7 Å². The number of hydrogen-bond donors (Lipinski definition) is 1. The van der Waals surface area contributed by atoms with Crippen molar-refractivity contribution in [3.05, 3.63) is 0 Å². The van der Waals surface area contributed by atoms with E-state index in [0.717, 1.165) is 6.54 Å². The molecule has 0 amide bonds. The van der Waals surface area contributed by atoms with E-state index in [2.05, 4.69) is 4.90 Å². The molecule has 1 fully saturated rings. The van der Waals surface area contributed by atoms with E-state index in [1.165, 1.54) is 0 Å². The average molecular weight is 277 g/mol. The van der Waals surface area contributed by atoms with E-state index in [0.29, 0.717) is 32.4 Å². The average Bonchev–Trinajstić information content (AvgIpc) is 2.74. The van der Waals surface area contributed by atoms with Crippen LogP contribution in [0, 0.1) is 5.41 Å². The van der Waals surface area contributed by atoms with E-state index in [9.17, 15) is 18.3 Å². The summed E-state index contributed by atoms with van der Waals surface area (Å²) in [6.45, 7) is 5.53. The maximum atomic E-state index is 11.4. The molecule has 1 saturated heterocycles. The first-order valence-corrected chi connectivity index (χ1v) is 8.33. The summed E-state index contributed by atoms with van der Waals surface area (Å²) in [6, 6.07) is 0. The summed E-state index contributed by atoms with van der Waals surface area (Å²) in [6.07, 6.45) is 1.89. The largest absolute Gasteiger partial charge is 0.481 e. The third kappa shape index (κ3) is 3.68. The second kappa shape index (κ2) is 6.02. The Morgan fingerprint density at radius 1 is 1.39 bits per heavy atom. The van der Waals surface area contributed by atoms with E-state index >= 15 is 0 Å². The van der Waals surface area contributed by atoms with Crippen molar-refractivity contribution < 1.29 is 18.3 Å². The first-order chi connectivity index (χ1) is 8.35. The molecule has 1 atom stereocenters. The van der Waals surface area contributed by atoms with E-state index in [1.807, 2.05) is 6.92 Å². The van der Waals surface area contributed by atoms with Gasteiger partial charge in [0.05, 0.1) is 11.2 Å². The minimum atomic E-state index is -2.90. The van der Waals surface area contributed by atoms with Crippen molar-refractivity contribution in [3.8, 4) is 0 Å². The summed E-state index contributed by atoms with van der Waals surface area (Å²) in [7, 11) is -2.90. The Hall–Kier alpha value is -0.620. The number of likely N-dealkylation sites (tertiary alicyclic amines) is 1. The quantitative estimate of drug-likeness (QED) is 0.751. The summed E-state index contributed by atoms with van der Waals surface area (Å²) in [4.78, 5) is 13.3. The van der Waals surface area contributed by atoms with Crippen LogP contribution in [0.2, 0.25) is 0 Å². The summed E-state index contributed by atoms with van der Waals surface area (Å²) in [5.41, 5.74) is -0.621. The van der Waals surface area contributed by atoms with Gasteiger partial charge in [-0.3, -0.25) is 4.79 Å². The normalized spacial score (nSPS) is 25.4. The molecule has 1 heterocycles. The van der Waals surface area contributed by atoms with Gasteiger partial charge in [-0.25, -0.2) is 8.42 Å². The number of rotatable bonds is 7. The molecule has 0 aromatic carbocycles. The van der Waals surface area contributed by atoms with Gasteiger partial charge in [0.1, 0.15) is 9.84 Å². The number of carboxylic acid groups (broad SMARTS) is 1. The Balaban J connectivity index is 2.42. The van der Waals surface area contributed by atoms with Crippen LogP contribution < -0.4 is 0 Å². The Morgan fingerprint density at radius 2 is 2.06 bits per heavy atom. The number of hydrogen-bond acceptors (Lipinski definition) is 4. The Labute approximate surface area is 109 Å². The molecule has 0 radical (unpaired) electrons. The lowest BCUT2D eigenvalue weighted by Crippen LogP contribution is -2.34. The fraction of sp³-hybridized carbons (Fsp3) is 0.917. The fourth-order valence-electron chi connectivity index (χ4n) is 2.42. The van der Waals surface area contributed by atoms with Crippen LogP contribution >= 0.6 is 0 Å². The van der Waals surface area contributed by atoms with E-state index in [1.54, 1.807) is 6.92 Å². The minimum Gasteiger partial charge on any atom is -0.481 e. The molecular weight excluding hydrogens is 254 g/mol. The third-order valence-electron chi connectivity index (χ3n) is 3.93. The van der Waals surface area contributed by atoms with E-state index in [-0.39, 0.29) is 11.5 Å². The number of carboxylic acids is 1. The van der Waals surface area contributed by atoms with Crippen molar-refractivity contribution in [2.24, 2.45) is 5.41 Å². The number of carbonyl (C=O) groups is 1. The molecule has 0 aromatic heterocycles. The van der Waals surface area contributed by atoms with Crippen LogP contribution in [0.3, 0.4) is 0 Å². The predicted octanol–water partition coefficient (Wildman–Crippen LogP) is 0.998. The Bertz CT molecular complexity index is 393. The predicted molar refractivity (Wildman–Crippen MR) is 70.4 cm³/mol. The lowest BCUT2D eigenvalue weighted by Gasteiger charge is -2.23. The zero-order valence-electron chi connectivity index (χ0n) is 11.2. The summed E-state index contributed by atoms with van der Waals surface area (Å²) < 4.78 is 22.7. The molecule has 0 saturated carbocycles. The Morgan fingerprint density at radius 3 is 2.50 bits per heavy atom. The molecule has 106 valence electrons. The molecule has 6 heteroatoms. The van der Waals surface area contributed by atoms with Gasteiger partial charge in [0.2, 0.25) is 0 Å². The second-order valence-corrected chi connectivity index (χ2v) is 7.53. The van der Waals surface area contributed by atoms with Crippen molar-refractivity contribution in [1.29, 1.82) is 0 Å². The van der Waals surface area contributed by atoms with Crippen LogP contribution in [0.15, 0.2) is 0 Å². The zero-order chi connectivity index (χ0) is 13.8. The van der Waals surface area contributed by atoms with Gasteiger partial charge < -0.3 is 10.0 Å². The van der Waals surface area contributed by atoms with Crippen molar-refractivity contribution in [2.45, 2.75) is 33.1 Å². The van der Waals surface area contributed by atoms with E-state index < -0.39 is 21.2 Å². The first-order valence-electron chi connectivity index (χ1n) is 6.51. The molecule has 0 spiro atoms. The minimum absolute atomic E-state index is 0.182. The fourth-order valence-corrected chi connectivity index (χ4v) is 3.27. The van der Waals surface area contributed by atoms with Crippen LogP contribution in [0.25, 0.3) is 0 Å². The first kappa shape index (κ1) is 15.4. The molecule has 0 aromatic rings. The number of aliphatic carboxylic acids is 1. The molecule has 0 bridgehead atoms. The van der Waals surface area contributed by atoms with Crippen LogP contribution in [0.1, 0.15) is 33.1 Å². The molecule has 5 nitrogen and oxygen atoms in total. The van der Waals surface area contributed by atoms with Gasteiger partial charge in [-0.15, -0.1) is 0 Å². The van der Waals surface area contributed by atoms with Gasteiger partial charge in [0.15, 0.2) is 0 Å². The highest BCUT2D eigenvalue weighted by molar-refractivity contribution is 7.91. The molecule has 18 heavy (non-hydrogen) atoms. The summed E-state index contributed by atoms with van der Waals surface area (Å²) in [5.74, 6) is -0.346. The van der Waals surface area contributed by atoms with Gasteiger partial charge >= 0.3 is 5.97 Å². The van der Waals surface area contributed by atoms with Gasteiger partial charge in [-0.1, -0.05) is 13.8 Å². The molecule has 1 unspecified atom stereocenters. The van der Waals surface area contributed by atoms with Gasteiger partial charge in [-0.05, 0) is 32.4 Å². The van der Waals surface area contributed by atoms with Crippen LogP contribution in [0.5, 0.6) is 0 Å². The van der Waals surface area contributed by atoms with Crippen molar-refractivity contribution in [2.75, 3.05) is 31.1 Å². The van der Waals surface area contributed by atoms with Crippen molar-refractivity contribution in [1.82, 2.24) is 4.90 Å². The van der Waals surface area contributed by atoms with Crippen molar-refractivity contribution in [3.63, 3.8) is 0 Å². The Kier molecular flexibility index (Phi) is 5.16. The van der Waals surface area contributed by atoms with Gasteiger partial charge in [0.25, 0.3) is 0 Å². The van der Waals surface area contributed by atoms with Crippen LogP contribution in [-0.4, -0.2) is 55.5 Å². The SMILES string of the molecule is CCC1(C(=O)O)CCN(CCCS(=O)(=O)CC)C1. The number of sulfone groups is 1. The van der Waals surface area contributed by atoms with Crippen molar-refractivity contribution >= 4 is 15.8 Å². The second-order valence-electron chi connectivity index (χ2n) is 5.06. The highest BCUT2D eigenvalue weighted by atomic mass is 32.2. The molecule has 1 N–H and O–H groups in total. The zero-order valence-corrected chi connectivity index (χ0v) is 12.0. The maximum absolute atomic E-state index is 11.4. The molecule has 1 rings (SSSR count). The van der Waals surface area contributed by atoms with Gasteiger partial charge in [-0.2, -0.15) is 0 Å². The summed E-state index contributed by atoms with van der Waals surface area (Å²) in [5, 5.41) is 9.25. The molecule has 1 aliphatic heterocycles.